The third kappa shape index (κ3) is 5.49. The average molecular weight is 253 g/mol. The number of nitrogens with one attached hydrogen (secondary N) is 1. The normalized spacial score (nSPS) is 14.2. The van der Waals surface area contributed by atoms with E-state index in [0.29, 0.717) is 6.54 Å². The lowest BCUT2D eigenvalue weighted by Gasteiger charge is -2.13. The van der Waals surface area contributed by atoms with Gasteiger partial charge in [-0.3, -0.25) is 0 Å². The summed E-state index contributed by atoms with van der Waals surface area (Å²) in [6.07, 6.45) is 0.930. The average Bonchev–Trinajstić information content (AvgIpc) is 2.38. The molecule has 0 aliphatic carbocycles. The van der Waals surface area contributed by atoms with Gasteiger partial charge in [0.2, 0.25) is 0 Å². The first-order valence-electron chi connectivity index (χ1n) is 6.34. The summed E-state index contributed by atoms with van der Waals surface area (Å²) in [5.41, 5.74) is 0.874. The third-order valence-corrected chi connectivity index (χ3v) is 2.81. The molecule has 0 aliphatic heterocycles. The third-order valence-electron chi connectivity index (χ3n) is 2.81. The summed E-state index contributed by atoms with van der Waals surface area (Å²) in [7, 11) is 1.62. The van der Waals surface area contributed by atoms with Gasteiger partial charge in [0.1, 0.15) is 5.75 Å². The zero-order valence-electron chi connectivity index (χ0n) is 11.1. The van der Waals surface area contributed by atoms with Crippen LogP contribution in [0.15, 0.2) is 24.3 Å². The van der Waals surface area contributed by atoms with Crippen molar-refractivity contribution in [2.75, 3.05) is 20.2 Å². The molecule has 0 bridgehead atoms. The molecule has 0 aliphatic rings. The summed E-state index contributed by atoms with van der Waals surface area (Å²) >= 11 is 0. The van der Waals surface area contributed by atoms with Crippen molar-refractivity contribution in [1.29, 1.82) is 0 Å². The second-order valence-electron chi connectivity index (χ2n) is 4.48. The van der Waals surface area contributed by atoms with Gasteiger partial charge in [-0.1, -0.05) is 12.1 Å². The van der Waals surface area contributed by atoms with E-state index in [0.717, 1.165) is 30.7 Å². The number of hydrogen-bond donors (Lipinski definition) is 3. The smallest absolute Gasteiger partial charge is 0.118 e. The molecular weight excluding hydrogens is 230 g/mol. The van der Waals surface area contributed by atoms with Crippen molar-refractivity contribution in [3.63, 3.8) is 0 Å². The molecule has 1 aromatic carbocycles. The summed E-state index contributed by atoms with van der Waals surface area (Å²) in [5.74, 6) is 0.788. The van der Waals surface area contributed by atoms with Gasteiger partial charge in [0, 0.05) is 6.54 Å². The molecule has 0 amide bonds. The predicted octanol–water partition coefficient (Wildman–Crippen LogP) is 1.48. The number of benzene rings is 1. The van der Waals surface area contributed by atoms with E-state index in [2.05, 4.69) is 5.32 Å². The highest BCUT2D eigenvalue weighted by molar-refractivity contribution is 5.28. The Morgan fingerprint density at radius 1 is 1.22 bits per heavy atom. The quantitative estimate of drug-likeness (QED) is 0.614. The first-order valence-corrected chi connectivity index (χ1v) is 6.34. The van der Waals surface area contributed by atoms with E-state index in [1.165, 1.54) is 0 Å². The van der Waals surface area contributed by atoms with Crippen molar-refractivity contribution in [2.24, 2.45) is 0 Å². The first-order chi connectivity index (χ1) is 8.63. The SMILES string of the molecule is COc1ccc(C(O)CNCCCC(C)O)cc1. The van der Waals surface area contributed by atoms with E-state index in [9.17, 15) is 5.11 Å². The van der Waals surface area contributed by atoms with Gasteiger partial charge in [0.05, 0.1) is 19.3 Å². The minimum Gasteiger partial charge on any atom is -0.497 e. The van der Waals surface area contributed by atoms with Crippen molar-refractivity contribution >= 4 is 0 Å². The topological polar surface area (TPSA) is 61.7 Å². The van der Waals surface area contributed by atoms with E-state index < -0.39 is 6.10 Å². The van der Waals surface area contributed by atoms with Gasteiger partial charge in [-0.25, -0.2) is 0 Å². The number of rotatable bonds is 8. The van der Waals surface area contributed by atoms with Gasteiger partial charge >= 0.3 is 0 Å². The Morgan fingerprint density at radius 2 is 1.89 bits per heavy atom. The second-order valence-corrected chi connectivity index (χ2v) is 4.48. The molecule has 1 rings (SSSR count). The van der Waals surface area contributed by atoms with E-state index in [4.69, 9.17) is 9.84 Å². The number of ether oxygens (including phenoxy) is 1. The summed E-state index contributed by atoms with van der Waals surface area (Å²) in [5, 5.41) is 22.2. The Labute approximate surface area is 109 Å². The number of aliphatic hydroxyl groups is 2. The Morgan fingerprint density at radius 3 is 2.44 bits per heavy atom. The fourth-order valence-electron chi connectivity index (χ4n) is 1.71. The highest BCUT2D eigenvalue weighted by Gasteiger charge is 2.06. The molecule has 2 atom stereocenters. The Hall–Kier alpha value is -1.10. The van der Waals surface area contributed by atoms with Crippen LogP contribution < -0.4 is 10.1 Å². The molecule has 3 N–H and O–H groups in total. The molecule has 0 spiro atoms. The predicted molar refractivity (Wildman–Crippen MR) is 71.7 cm³/mol. The molecule has 1 aromatic rings. The largest absolute Gasteiger partial charge is 0.497 e. The molecule has 4 heteroatoms. The molecule has 2 unspecified atom stereocenters. The van der Waals surface area contributed by atoms with Crippen LogP contribution in [0.3, 0.4) is 0 Å². The summed E-state index contributed by atoms with van der Waals surface area (Å²) in [4.78, 5) is 0. The standard InChI is InChI=1S/C14H23NO3/c1-11(16)4-3-9-15-10-14(17)12-5-7-13(18-2)8-6-12/h5-8,11,14-17H,3-4,9-10H2,1-2H3. The van der Waals surface area contributed by atoms with Crippen LogP contribution in [0.25, 0.3) is 0 Å². The van der Waals surface area contributed by atoms with Crippen LogP contribution in [0, 0.1) is 0 Å². The van der Waals surface area contributed by atoms with Crippen molar-refractivity contribution in [3.8, 4) is 5.75 Å². The molecular formula is C14H23NO3. The van der Waals surface area contributed by atoms with Crippen molar-refractivity contribution in [3.05, 3.63) is 29.8 Å². The summed E-state index contributed by atoms with van der Waals surface area (Å²) in [6, 6.07) is 7.40. The van der Waals surface area contributed by atoms with E-state index >= 15 is 0 Å². The maximum Gasteiger partial charge on any atom is 0.118 e. The lowest BCUT2D eigenvalue weighted by atomic mass is 10.1. The summed E-state index contributed by atoms with van der Waals surface area (Å²) in [6.45, 7) is 3.11. The molecule has 0 saturated carbocycles. The Bertz CT molecular complexity index is 324. The highest BCUT2D eigenvalue weighted by atomic mass is 16.5. The van der Waals surface area contributed by atoms with E-state index in [1.807, 2.05) is 24.3 Å². The van der Waals surface area contributed by atoms with Gasteiger partial charge in [0.25, 0.3) is 0 Å². The summed E-state index contributed by atoms with van der Waals surface area (Å²) < 4.78 is 5.06. The van der Waals surface area contributed by atoms with Crippen LogP contribution in [0.5, 0.6) is 5.75 Å². The fraction of sp³-hybridized carbons (Fsp3) is 0.571. The van der Waals surface area contributed by atoms with Crippen LogP contribution >= 0.6 is 0 Å². The maximum atomic E-state index is 9.94. The molecule has 0 aromatic heterocycles. The van der Waals surface area contributed by atoms with Gasteiger partial charge in [-0.2, -0.15) is 0 Å². The van der Waals surface area contributed by atoms with Crippen LogP contribution in [0.1, 0.15) is 31.4 Å². The van der Waals surface area contributed by atoms with Crippen LogP contribution in [0.2, 0.25) is 0 Å². The Kier molecular flexibility index (Phi) is 6.72. The highest BCUT2D eigenvalue weighted by Crippen LogP contribution is 2.16. The molecule has 0 fully saturated rings. The molecule has 18 heavy (non-hydrogen) atoms. The van der Waals surface area contributed by atoms with Crippen molar-refractivity contribution in [1.82, 2.24) is 5.32 Å². The fourth-order valence-corrected chi connectivity index (χ4v) is 1.71. The monoisotopic (exact) mass is 253 g/mol. The Balaban J connectivity index is 2.25. The van der Waals surface area contributed by atoms with Gasteiger partial charge in [-0.15, -0.1) is 0 Å². The molecule has 0 saturated heterocycles. The number of hydrogen-bond acceptors (Lipinski definition) is 4. The second kappa shape index (κ2) is 8.08. The minimum atomic E-state index is -0.512. The van der Waals surface area contributed by atoms with E-state index in [1.54, 1.807) is 14.0 Å². The molecule has 4 nitrogen and oxygen atoms in total. The van der Waals surface area contributed by atoms with Crippen molar-refractivity contribution < 1.29 is 14.9 Å². The molecule has 0 heterocycles. The van der Waals surface area contributed by atoms with Crippen molar-refractivity contribution in [2.45, 2.75) is 32.0 Å². The van der Waals surface area contributed by atoms with Gasteiger partial charge in [-0.05, 0) is 44.0 Å². The lowest BCUT2D eigenvalue weighted by Crippen LogP contribution is -2.23. The maximum absolute atomic E-state index is 9.94. The zero-order chi connectivity index (χ0) is 13.4. The van der Waals surface area contributed by atoms with Crippen LogP contribution in [-0.2, 0) is 0 Å². The van der Waals surface area contributed by atoms with Gasteiger partial charge in [0.15, 0.2) is 0 Å². The molecule has 0 radical (unpaired) electrons. The van der Waals surface area contributed by atoms with E-state index in [-0.39, 0.29) is 6.10 Å². The van der Waals surface area contributed by atoms with Crippen LogP contribution in [-0.4, -0.2) is 36.5 Å². The molecule has 102 valence electrons. The minimum absolute atomic E-state index is 0.252. The number of methoxy groups -OCH3 is 1. The first kappa shape index (κ1) is 15.0. The number of aliphatic hydroxyl groups excluding tert-OH is 2. The zero-order valence-corrected chi connectivity index (χ0v) is 11.1. The van der Waals surface area contributed by atoms with Crippen LogP contribution in [0.4, 0.5) is 0 Å². The lowest BCUT2D eigenvalue weighted by molar-refractivity contribution is 0.168. The van der Waals surface area contributed by atoms with Gasteiger partial charge < -0.3 is 20.3 Å².